The van der Waals surface area contributed by atoms with Crippen molar-refractivity contribution in [1.82, 2.24) is 9.80 Å². The lowest BCUT2D eigenvalue weighted by molar-refractivity contribution is -0.135. The number of likely N-dealkylation sites (N-methyl/N-ethyl adjacent to an activating group) is 1. The van der Waals surface area contributed by atoms with E-state index in [0.717, 1.165) is 0 Å². The van der Waals surface area contributed by atoms with Crippen LogP contribution in [0.1, 0.15) is 23.0 Å². The summed E-state index contributed by atoms with van der Waals surface area (Å²) in [4.78, 5) is 28.1. The van der Waals surface area contributed by atoms with Crippen molar-refractivity contribution >= 4 is 23.2 Å². The van der Waals surface area contributed by atoms with Gasteiger partial charge in [0.05, 0.1) is 17.5 Å². The Morgan fingerprint density at radius 1 is 1.55 bits per heavy atom. The minimum atomic E-state index is -0.329. The van der Waals surface area contributed by atoms with Crippen LogP contribution in [0, 0.1) is 5.92 Å². The van der Waals surface area contributed by atoms with Crippen LogP contribution in [0.15, 0.2) is 17.5 Å². The van der Waals surface area contributed by atoms with Gasteiger partial charge in [-0.15, -0.1) is 11.3 Å². The Morgan fingerprint density at radius 3 is 2.90 bits per heavy atom. The monoisotopic (exact) mass is 296 g/mol. The van der Waals surface area contributed by atoms with Gasteiger partial charge in [-0.25, -0.2) is 0 Å². The maximum Gasteiger partial charge on any atom is 0.264 e. The Balaban J connectivity index is 1.89. The van der Waals surface area contributed by atoms with E-state index in [2.05, 4.69) is 0 Å². The Kier molecular flexibility index (Phi) is 4.77. The van der Waals surface area contributed by atoms with Crippen LogP contribution in [0.4, 0.5) is 0 Å². The summed E-state index contributed by atoms with van der Waals surface area (Å²) in [5, 5.41) is 11.5. The van der Waals surface area contributed by atoms with Gasteiger partial charge in [-0.3, -0.25) is 9.59 Å². The third-order valence-corrected chi connectivity index (χ3v) is 4.52. The van der Waals surface area contributed by atoms with Gasteiger partial charge in [0, 0.05) is 20.1 Å². The number of amides is 2. The molecule has 1 N–H and O–H groups in total. The number of thiophene rings is 1. The summed E-state index contributed by atoms with van der Waals surface area (Å²) < 4.78 is 0. The highest BCUT2D eigenvalue weighted by molar-refractivity contribution is 7.12. The molecule has 2 amide bonds. The molecule has 1 aliphatic rings. The fourth-order valence-corrected chi connectivity index (χ4v) is 3.04. The molecule has 0 spiro atoms. The second-order valence-electron chi connectivity index (χ2n) is 5.31. The van der Waals surface area contributed by atoms with Crippen molar-refractivity contribution in [3.8, 4) is 0 Å². The third-order valence-electron chi connectivity index (χ3n) is 3.66. The molecule has 20 heavy (non-hydrogen) atoms. The van der Waals surface area contributed by atoms with Gasteiger partial charge in [0.1, 0.15) is 0 Å². The number of aliphatic hydroxyl groups excluding tert-OH is 1. The fraction of sp³-hybridized carbons (Fsp3) is 0.571. The second kappa shape index (κ2) is 6.37. The van der Waals surface area contributed by atoms with Gasteiger partial charge in [-0.2, -0.15) is 0 Å². The predicted octanol–water partition coefficient (Wildman–Crippen LogP) is 1.05. The number of carbonyl (C=O) groups excluding carboxylic acids is 2. The SMILES string of the molecule is CC1CN(C(=O)CN(C)C(=O)c2cccs2)CCC1O. The van der Waals surface area contributed by atoms with E-state index in [1.54, 1.807) is 18.0 Å². The van der Waals surface area contributed by atoms with E-state index < -0.39 is 0 Å². The van der Waals surface area contributed by atoms with Gasteiger partial charge >= 0.3 is 0 Å². The van der Waals surface area contributed by atoms with E-state index in [1.807, 2.05) is 18.4 Å². The van der Waals surface area contributed by atoms with Crippen LogP contribution in [0.25, 0.3) is 0 Å². The highest BCUT2D eigenvalue weighted by atomic mass is 32.1. The zero-order valence-electron chi connectivity index (χ0n) is 11.8. The normalized spacial score (nSPS) is 22.6. The molecular weight excluding hydrogens is 276 g/mol. The topological polar surface area (TPSA) is 60.9 Å². The smallest absolute Gasteiger partial charge is 0.264 e. The zero-order valence-corrected chi connectivity index (χ0v) is 12.6. The molecule has 0 radical (unpaired) electrons. The second-order valence-corrected chi connectivity index (χ2v) is 6.26. The molecule has 1 aromatic rings. The molecule has 1 aliphatic heterocycles. The number of rotatable bonds is 3. The quantitative estimate of drug-likeness (QED) is 0.907. The largest absolute Gasteiger partial charge is 0.393 e. The maximum atomic E-state index is 12.2. The van der Waals surface area contributed by atoms with Crippen molar-refractivity contribution < 1.29 is 14.7 Å². The molecule has 0 saturated carbocycles. The summed E-state index contributed by atoms with van der Waals surface area (Å²) in [6.45, 7) is 3.14. The van der Waals surface area contributed by atoms with Crippen LogP contribution < -0.4 is 0 Å². The first-order chi connectivity index (χ1) is 9.49. The highest BCUT2D eigenvalue weighted by Gasteiger charge is 2.28. The number of likely N-dealkylation sites (tertiary alicyclic amines) is 1. The van der Waals surface area contributed by atoms with Gasteiger partial charge in [0.25, 0.3) is 5.91 Å². The minimum Gasteiger partial charge on any atom is -0.393 e. The first-order valence-electron chi connectivity index (χ1n) is 6.74. The van der Waals surface area contributed by atoms with Crippen molar-refractivity contribution in [2.45, 2.75) is 19.4 Å². The highest BCUT2D eigenvalue weighted by Crippen LogP contribution is 2.17. The van der Waals surface area contributed by atoms with E-state index in [1.165, 1.54) is 16.2 Å². The molecule has 0 aliphatic carbocycles. The van der Waals surface area contributed by atoms with Crippen LogP contribution in [-0.4, -0.2) is 59.5 Å². The van der Waals surface area contributed by atoms with Crippen molar-refractivity contribution in [2.75, 3.05) is 26.7 Å². The summed E-state index contributed by atoms with van der Waals surface area (Å²) >= 11 is 1.37. The summed E-state index contributed by atoms with van der Waals surface area (Å²) in [6.07, 6.45) is 0.278. The molecule has 5 nitrogen and oxygen atoms in total. The molecule has 1 fully saturated rings. The Hall–Kier alpha value is -1.40. The molecule has 2 rings (SSSR count). The van der Waals surface area contributed by atoms with Crippen LogP contribution in [0.5, 0.6) is 0 Å². The Bertz CT molecular complexity index is 475. The summed E-state index contributed by atoms with van der Waals surface area (Å²) in [5.74, 6) is -0.0967. The lowest BCUT2D eigenvalue weighted by Crippen LogP contribution is -2.48. The average molecular weight is 296 g/mol. The first-order valence-corrected chi connectivity index (χ1v) is 7.62. The number of piperidine rings is 1. The molecule has 2 heterocycles. The molecular formula is C14H20N2O3S. The van der Waals surface area contributed by atoms with Crippen LogP contribution in [0.3, 0.4) is 0 Å². The van der Waals surface area contributed by atoms with E-state index in [9.17, 15) is 14.7 Å². The number of nitrogens with zero attached hydrogens (tertiary/aromatic N) is 2. The van der Waals surface area contributed by atoms with Gasteiger partial charge in [0.2, 0.25) is 5.91 Å². The maximum absolute atomic E-state index is 12.2. The Morgan fingerprint density at radius 2 is 2.30 bits per heavy atom. The van der Waals surface area contributed by atoms with E-state index in [-0.39, 0.29) is 30.4 Å². The fourth-order valence-electron chi connectivity index (χ4n) is 2.32. The van der Waals surface area contributed by atoms with E-state index in [4.69, 9.17) is 0 Å². The molecule has 1 saturated heterocycles. The van der Waals surface area contributed by atoms with Crippen molar-refractivity contribution in [1.29, 1.82) is 0 Å². The van der Waals surface area contributed by atoms with Crippen LogP contribution >= 0.6 is 11.3 Å². The number of aliphatic hydroxyl groups is 1. The van der Waals surface area contributed by atoms with Gasteiger partial charge in [0.15, 0.2) is 0 Å². The summed E-state index contributed by atoms with van der Waals surface area (Å²) in [5.41, 5.74) is 0. The molecule has 0 aromatic carbocycles. The average Bonchev–Trinajstić information content (AvgIpc) is 2.94. The number of carbonyl (C=O) groups is 2. The molecule has 0 bridgehead atoms. The van der Waals surface area contributed by atoms with Crippen molar-refractivity contribution in [2.24, 2.45) is 5.92 Å². The van der Waals surface area contributed by atoms with Gasteiger partial charge in [-0.1, -0.05) is 13.0 Å². The van der Waals surface area contributed by atoms with Crippen LogP contribution in [0.2, 0.25) is 0 Å². The lowest BCUT2D eigenvalue weighted by atomic mass is 9.97. The first kappa shape index (κ1) is 15.0. The van der Waals surface area contributed by atoms with E-state index in [0.29, 0.717) is 24.4 Å². The standard InChI is InChI=1S/C14H20N2O3S/c1-10-8-16(6-5-11(10)17)13(18)9-15(2)14(19)12-4-3-7-20-12/h3-4,7,10-11,17H,5-6,8-9H2,1-2H3. The molecule has 2 atom stereocenters. The third kappa shape index (κ3) is 3.37. The molecule has 6 heteroatoms. The molecule has 2 unspecified atom stereocenters. The van der Waals surface area contributed by atoms with Crippen molar-refractivity contribution in [3.63, 3.8) is 0 Å². The summed E-state index contributed by atoms with van der Waals surface area (Å²) in [7, 11) is 1.64. The molecule has 1 aromatic heterocycles. The summed E-state index contributed by atoms with van der Waals surface area (Å²) in [6, 6.07) is 3.58. The van der Waals surface area contributed by atoms with E-state index >= 15 is 0 Å². The number of hydrogen-bond acceptors (Lipinski definition) is 4. The Labute approximate surface area is 122 Å². The van der Waals surface area contributed by atoms with Crippen LogP contribution in [-0.2, 0) is 4.79 Å². The zero-order chi connectivity index (χ0) is 14.7. The predicted molar refractivity (Wildman–Crippen MR) is 77.6 cm³/mol. The lowest BCUT2D eigenvalue weighted by Gasteiger charge is -2.35. The minimum absolute atomic E-state index is 0.0591. The van der Waals surface area contributed by atoms with Gasteiger partial charge in [-0.05, 0) is 23.8 Å². The molecule has 110 valence electrons. The number of hydrogen-bond donors (Lipinski definition) is 1. The van der Waals surface area contributed by atoms with Gasteiger partial charge < -0.3 is 14.9 Å². The van der Waals surface area contributed by atoms with Crippen molar-refractivity contribution in [3.05, 3.63) is 22.4 Å².